The van der Waals surface area contributed by atoms with Crippen molar-refractivity contribution < 1.29 is 32.6 Å². The molecule has 9 nitrogen and oxygen atoms in total. The number of carbonyl (C=O) groups excluding carboxylic acids is 2. The van der Waals surface area contributed by atoms with E-state index in [9.17, 15) is 32.7 Å². The fourth-order valence-electron chi connectivity index (χ4n) is 5.17. The highest BCUT2D eigenvalue weighted by Gasteiger charge is 2.52. The maximum absolute atomic E-state index is 14.0. The number of fused-ring (bicyclic) bond motifs is 5. The minimum atomic E-state index is -1.20. The average molecular weight is 518 g/mol. The van der Waals surface area contributed by atoms with E-state index in [0.717, 1.165) is 6.20 Å². The van der Waals surface area contributed by atoms with Crippen LogP contribution in [0.25, 0.3) is 0 Å². The summed E-state index contributed by atoms with van der Waals surface area (Å²) in [6, 6.07) is 0.602. The third kappa shape index (κ3) is 3.95. The number of pyridine rings is 1. The Morgan fingerprint density at radius 3 is 2.51 bits per heavy atom. The molecule has 0 aliphatic carbocycles. The monoisotopic (exact) mass is 518 g/mol. The molecule has 4 heterocycles. The number of nitrogens with zero attached hydrogens (tertiary/aromatic N) is 3. The van der Waals surface area contributed by atoms with Crippen LogP contribution in [0.4, 0.5) is 13.2 Å². The molecule has 12 heteroatoms. The van der Waals surface area contributed by atoms with Crippen molar-refractivity contribution in [3.8, 4) is 5.75 Å². The summed E-state index contributed by atoms with van der Waals surface area (Å²) < 4.78 is 48.5. The zero-order chi connectivity index (χ0) is 26.9. The number of carbonyl (C=O) groups is 2. The zero-order valence-electron chi connectivity index (χ0n) is 20.3. The molecule has 1 aromatic heterocycles. The van der Waals surface area contributed by atoms with Gasteiger partial charge in [-0.3, -0.25) is 24.1 Å². The number of halogens is 3. The van der Waals surface area contributed by atoms with Crippen molar-refractivity contribution in [2.45, 2.75) is 50.9 Å². The first-order chi connectivity index (χ1) is 17.3. The molecule has 2 bridgehead atoms. The molecule has 37 heavy (non-hydrogen) atoms. The number of benzene rings is 1. The number of hydrogen-bond acceptors (Lipinski definition) is 6. The van der Waals surface area contributed by atoms with Crippen molar-refractivity contribution in [1.82, 2.24) is 14.9 Å². The lowest BCUT2D eigenvalue weighted by Crippen LogP contribution is -2.63. The zero-order valence-corrected chi connectivity index (χ0v) is 20.3. The summed E-state index contributed by atoms with van der Waals surface area (Å²) in [6.45, 7) is 5.33. The fraction of sp³-hybridized carbons (Fsp3) is 0.400. The Kier molecular flexibility index (Phi) is 5.63. The summed E-state index contributed by atoms with van der Waals surface area (Å²) in [5.74, 6) is -6.08. The highest BCUT2D eigenvalue weighted by atomic mass is 19.1. The van der Waals surface area contributed by atoms with Crippen molar-refractivity contribution in [2.24, 2.45) is 0 Å². The molecule has 2 amide bonds. The Bertz CT molecular complexity index is 1400. The van der Waals surface area contributed by atoms with Crippen molar-refractivity contribution in [3.63, 3.8) is 0 Å². The molecule has 2 atom stereocenters. The standard InChI is InChI=1S/C25H25F3N4O5/c1-13-4-5-25(10-24(2,3)37-11-25)32-12-30(13)23(36)19-21(34)20(33)16(9-31(19)32)22(35)29-8-15-17(27)6-14(26)7-18(15)28/h4-7,9,13,34H,8,10-12H2,1-3H3,(H,29,35)/t13-,25+/m0/s1. The van der Waals surface area contributed by atoms with Crippen LogP contribution >= 0.6 is 0 Å². The maximum Gasteiger partial charge on any atom is 0.278 e. The van der Waals surface area contributed by atoms with E-state index >= 15 is 0 Å². The summed E-state index contributed by atoms with van der Waals surface area (Å²) in [6.07, 6.45) is 5.45. The predicted molar refractivity (Wildman–Crippen MR) is 125 cm³/mol. The number of hydrogen-bond donors (Lipinski definition) is 2. The lowest BCUT2D eigenvalue weighted by atomic mass is 9.89. The van der Waals surface area contributed by atoms with Gasteiger partial charge in [0.05, 0.1) is 12.2 Å². The van der Waals surface area contributed by atoms with Crippen LogP contribution in [-0.4, -0.2) is 57.0 Å². The molecule has 1 aromatic carbocycles. The first kappa shape index (κ1) is 24.9. The largest absolute Gasteiger partial charge is 0.502 e. The smallest absolute Gasteiger partial charge is 0.278 e. The molecule has 3 aliphatic heterocycles. The second-order valence-corrected chi connectivity index (χ2v) is 10.2. The number of amides is 2. The van der Waals surface area contributed by atoms with E-state index in [4.69, 9.17) is 4.74 Å². The summed E-state index contributed by atoms with van der Waals surface area (Å²) in [5.41, 5.74) is -3.82. The molecule has 0 unspecified atom stereocenters. The third-order valence-corrected chi connectivity index (χ3v) is 7.09. The van der Waals surface area contributed by atoms with Crippen LogP contribution in [-0.2, 0) is 11.3 Å². The van der Waals surface area contributed by atoms with Crippen LogP contribution in [0.5, 0.6) is 5.75 Å². The summed E-state index contributed by atoms with van der Waals surface area (Å²) in [4.78, 5) is 40.7. The topological polar surface area (TPSA) is 104 Å². The van der Waals surface area contributed by atoms with Gasteiger partial charge in [-0.2, -0.15) is 0 Å². The van der Waals surface area contributed by atoms with Gasteiger partial charge in [0, 0.05) is 42.9 Å². The van der Waals surface area contributed by atoms with Gasteiger partial charge in [0.25, 0.3) is 11.8 Å². The van der Waals surface area contributed by atoms with Crippen molar-refractivity contribution in [1.29, 1.82) is 0 Å². The Morgan fingerprint density at radius 1 is 1.22 bits per heavy atom. The second kappa shape index (κ2) is 8.37. The molecule has 1 spiro atoms. The maximum atomic E-state index is 14.0. The Hall–Kier alpha value is -3.80. The highest BCUT2D eigenvalue weighted by Crippen LogP contribution is 2.41. The molecule has 0 saturated carbocycles. The average Bonchev–Trinajstić information content (AvgIpc) is 3.07. The van der Waals surface area contributed by atoms with E-state index in [-0.39, 0.29) is 25.0 Å². The SMILES string of the molecule is C[C@H]1C=C[C@@]2(COC(C)(C)C2)N2CN1C(=O)c1c(O)c(=O)c(C(=O)NCc3c(F)cc(F)cc3F)cn12. The first-order valence-corrected chi connectivity index (χ1v) is 11.7. The minimum Gasteiger partial charge on any atom is -0.502 e. The molecule has 2 aromatic rings. The lowest BCUT2D eigenvalue weighted by molar-refractivity contribution is 0.0336. The molecule has 0 radical (unpaired) electrons. The molecule has 1 fully saturated rings. The highest BCUT2D eigenvalue weighted by molar-refractivity contribution is 5.99. The fourth-order valence-corrected chi connectivity index (χ4v) is 5.17. The van der Waals surface area contributed by atoms with Crippen LogP contribution in [0, 0.1) is 17.5 Å². The first-order valence-electron chi connectivity index (χ1n) is 11.7. The van der Waals surface area contributed by atoms with Gasteiger partial charge < -0.3 is 20.1 Å². The van der Waals surface area contributed by atoms with E-state index in [1.165, 1.54) is 9.58 Å². The molecule has 5 rings (SSSR count). The summed E-state index contributed by atoms with van der Waals surface area (Å²) in [5, 5.41) is 14.8. The van der Waals surface area contributed by atoms with Crippen molar-refractivity contribution >= 4 is 11.8 Å². The van der Waals surface area contributed by atoms with Gasteiger partial charge >= 0.3 is 0 Å². The molecule has 2 N–H and O–H groups in total. The third-order valence-electron chi connectivity index (χ3n) is 7.09. The number of rotatable bonds is 3. The van der Waals surface area contributed by atoms with E-state index in [1.807, 2.05) is 32.9 Å². The van der Waals surface area contributed by atoms with Crippen molar-refractivity contribution in [2.75, 3.05) is 18.3 Å². The van der Waals surface area contributed by atoms with E-state index in [0.29, 0.717) is 18.6 Å². The van der Waals surface area contributed by atoms with Gasteiger partial charge in [0.1, 0.15) is 35.2 Å². The van der Waals surface area contributed by atoms with E-state index in [2.05, 4.69) is 5.32 Å². The van der Waals surface area contributed by atoms with Gasteiger partial charge in [0.15, 0.2) is 11.4 Å². The van der Waals surface area contributed by atoms with Gasteiger partial charge in [-0.15, -0.1) is 0 Å². The summed E-state index contributed by atoms with van der Waals surface area (Å²) >= 11 is 0. The summed E-state index contributed by atoms with van der Waals surface area (Å²) in [7, 11) is 0. The van der Waals surface area contributed by atoms with Crippen LogP contribution in [0.2, 0.25) is 0 Å². The van der Waals surface area contributed by atoms with Crippen molar-refractivity contribution in [3.05, 3.63) is 75.0 Å². The quantitative estimate of drug-likeness (QED) is 0.604. The van der Waals surface area contributed by atoms with Gasteiger partial charge in [-0.1, -0.05) is 12.2 Å². The molecule has 1 saturated heterocycles. The number of ether oxygens (including phenoxy) is 1. The van der Waals surface area contributed by atoms with Crippen LogP contribution in [0.15, 0.2) is 35.3 Å². The van der Waals surface area contributed by atoms with Gasteiger partial charge in [-0.05, 0) is 20.8 Å². The molecule has 196 valence electrons. The molecular weight excluding hydrogens is 493 g/mol. The normalized spacial score (nSPS) is 23.8. The predicted octanol–water partition coefficient (Wildman–Crippen LogP) is 2.15. The van der Waals surface area contributed by atoms with Crippen LogP contribution in [0.3, 0.4) is 0 Å². The lowest BCUT2D eigenvalue weighted by Gasteiger charge is -2.46. The number of aromatic hydroxyl groups is 1. The number of aromatic nitrogens is 1. The van der Waals surface area contributed by atoms with E-state index < -0.39 is 69.3 Å². The Morgan fingerprint density at radius 2 is 1.89 bits per heavy atom. The van der Waals surface area contributed by atoms with E-state index in [1.54, 1.807) is 5.01 Å². The molecule has 3 aliphatic rings. The van der Waals surface area contributed by atoms with Crippen LogP contribution < -0.4 is 15.8 Å². The number of nitrogens with one attached hydrogen (secondary N) is 1. The Labute approximate surface area is 209 Å². The minimum absolute atomic E-state index is 0.0921. The second-order valence-electron chi connectivity index (χ2n) is 10.2. The van der Waals surface area contributed by atoms with Crippen LogP contribution in [0.1, 0.15) is 53.6 Å². The molecular formula is C25H25F3N4O5. The van der Waals surface area contributed by atoms with Gasteiger partial charge in [0.2, 0.25) is 5.43 Å². The Balaban J connectivity index is 1.57. The van der Waals surface area contributed by atoms with Gasteiger partial charge in [-0.25, -0.2) is 13.2 Å².